The van der Waals surface area contributed by atoms with E-state index in [0.29, 0.717) is 19.0 Å². The Kier molecular flexibility index (Phi) is 3.58. The first kappa shape index (κ1) is 11.8. The smallest absolute Gasteiger partial charge is 0.280 e. The molecule has 94 valence electrons. The van der Waals surface area contributed by atoms with E-state index >= 15 is 0 Å². The van der Waals surface area contributed by atoms with E-state index in [1.165, 1.54) is 0 Å². The molecule has 0 aromatic carbocycles. The van der Waals surface area contributed by atoms with E-state index in [2.05, 4.69) is 14.9 Å². The van der Waals surface area contributed by atoms with Gasteiger partial charge in [0.15, 0.2) is 0 Å². The molecule has 1 saturated heterocycles. The Hall–Kier alpha value is -1.63. The zero-order valence-corrected chi connectivity index (χ0v) is 9.76. The van der Waals surface area contributed by atoms with Crippen LogP contribution >= 0.6 is 0 Å². The lowest BCUT2D eigenvalue weighted by molar-refractivity contribution is 0.0604. The van der Waals surface area contributed by atoms with Crippen molar-refractivity contribution >= 4 is 11.7 Å². The average molecular weight is 240 g/mol. The molecule has 1 aromatic heterocycles. The second-order valence-electron chi connectivity index (χ2n) is 4.19. The molecule has 0 saturated carbocycles. The third-order valence-electron chi connectivity index (χ3n) is 3.02. The highest BCUT2D eigenvalue weighted by atomic mass is 16.6. The Labute approximate surface area is 98.9 Å². The molecule has 0 bridgehead atoms. The average Bonchev–Trinajstić information content (AvgIpc) is 2.76. The Morgan fingerprint density at radius 1 is 1.53 bits per heavy atom. The topological polar surface area (TPSA) is 94.5 Å². The van der Waals surface area contributed by atoms with Crippen molar-refractivity contribution in [2.75, 3.05) is 32.5 Å². The minimum absolute atomic E-state index is 0.0500. The van der Waals surface area contributed by atoms with Crippen LogP contribution in [0.2, 0.25) is 0 Å². The predicted octanol–water partition coefficient (Wildman–Crippen LogP) is 0.150. The van der Waals surface area contributed by atoms with Crippen molar-refractivity contribution in [2.24, 2.45) is 5.92 Å². The first-order valence-corrected chi connectivity index (χ1v) is 5.58. The number of amides is 1. The Morgan fingerprint density at radius 2 is 2.24 bits per heavy atom. The van der Waals surface area contributed by atoms with Gasteiger partial charge in [-0.15, -0.1) is 0 Å². The van der Waals surface area contributed by atoms with Crippen LogP contribution in [0.3, 0.4) is 0 Å². The maximum Gasteiger partial charge on any atom is 0.280 e. The van der Waals surface area contributed by atoms with E-state index in [4.69, 9.17) is 10.5 Å². The molecule has 0 radical (unpaired) electrons. The summed E-state index contributed by atoms with van der Waals surface area (Å²) in [5.41, 5.74) is 5.59. The minimum atomic E-state index is -0.209. The molecule has 17 heavy (non-hydrogen) atoms. The first-order valence-electron chi connectivity index (χ1n) is 5.58. The van der Waals surface area contributed by atoms with Gasteiger partial charge in [0.2, 0.25) is 11.5 Å². The van der Waals surface area contributed by atoms with E-state index in [-0.39, 0.29) is 17.4 Å². The summed E-state index contributed by atoms with van der Waals surface area (Å²) >= 11 is 0. The van der Waals surface area contributed by atoms with Crippen molar-refractivity contribution in [1.82, 2.24) is 15.2 Å². The standard InChI is InChI=1S/C10H16N4O3/c1-16-6-7-2-4-14(5-3-7)10(15)8-9(11)13-17-12-8/h7H,2-6H2,1H3,(H2,11,13). The highest BCUT2D eigenvalue weighted by Crippen LogP contribution is 2.19. The van der Waals surface area contributed by atoms with Gasteiger partial charge in [0.1, 0.15) is 0 Å². The quantitative estimate of drug-likeness (QED) is 0.808. The molecule has 0 aliphatic carbocycles. The van der Waals surface area contributed by atoms with Crippen LogP contribution in [-0.4, -0.2) is 47.9 Å². The van der Waals surface area contributed by atoms with E-state index in [1.807, 2.05) is 0 Å². The summed E-state index contributed by atoms with van der Waals surface area (Å²) < 4.78 is 9.53. The number of nitrogen functional groups attached to an aromatic ring is 1. The molecule has 1 aliphatic heterocycles. The number of hydrogen-bond donors (Lipinski definition) is 1. The summed E-state index contributed by atoms with van der Waals surface area (Å²) in [5, 5.41) is 6.92. The lowest BCUT2D eigenvalue weighted by atomic mass is 9.97. The van der Waals surface area contributed by atoms with Crippen LogP contribution in [0, 0.1) is 5.92 Å². The summed E-state index contributed by atoms with van der Waals surface area (Å²) in [6, 6.07) is 0. The third-order valence-corrected chi connectivity index (χ3v) is 3.02. The van der Waals surface area contributed by atoms with Crippen LogP contribution in [0.1, 0.15) is 23.3 Å². The lowest BCUT2D eigenvalue weighted by Gasteiger charge is -2.31. The van der Waals surface area contributed by atoms with Gasteiger partial charge in [-0.1, -0.05) is 0 Å². The first-order chi connectivity index (χ1) is 8.22. The van der Waals surface area contributed by atoms with Crippen LogP contribution in [0.25, 0.3) is 0 Å². The van der Waals surface area contributed by atoms with Crippen molar-refractivity contribution in [3.05, 3.63) is 5.69 Å². The Balaban J connectivity index is 1.93. The maximum atomic E-state index is 12.0. The number of carbonyl (C=O) groups excluding carboxylic acids is 1. The maximum absolute atomic E-state index is 12.0. The third kappa shape index (κ3) is 2.55. The number of nitrogens with zero attached hydrogens (tertiary/aromatic N) is 3. The number of aromatic nitrogens is 2. The van der Waals surface area contributed by atoms with E-state index in [1.54, 1.807) is 12.0 Å². The van der Waals surface area contributed by atoms with Crippen molar-refractivity contribution < 1.29 is 14.2 Å². The van der Waals surface area contributed by atoms with Crippen LogP contribution in [0.5, 0.6) is 0 Å². The number of methoxy groups -OCH3 is 1. The number of anilines is 1. The zero-order chi connectivity index (χ0) is 12.3. The van der Waals surface area contributed by atoms with Gasteiger partial charge < -0.3 is 15.4 Å². The highest BCUT2D eigenvalue weighted by molar-refractivity contribution is 5.96. The van der Waals surface area contributed by atoms with Gasteiger partial charge in [-0.2, -0.15) is 0 Å². The van der Waals surface area contributed by atoms with E-state index in [9.17, 15) is 4.79 Å². The molecule has 1 aromatic rings. The summed E-state index contributed by atoms with van der Waals surface area (Å²) in [4.78, 5) is 13.7. The van der Waals surface area contributed by atoms with Gasteiger partial charge in [-0.25, -0.2) is 4.63 Å². The highest BCUT2D eigenvalue weighted by Gasteiger charge is 2.27. The fraction of sp³-hybridized carbons (Fsp3) is 0.700. The van der Waals surface area contributed by atoms with Crippen LogP contribution in [0.4, 0.5) is 5.82 Å². The summed E-state index contributed by atoms with van der Waals surface area (Å²) in [7, 11) is 1.69. The van der Waals surface area contributed by atoms with Gasteiger partial charge in [-0.05, 0) is 29.1 Å². The van der Waals surface area contributed by atoms with Gasteiger partial charge in [0, 0.05) is 26.8 Å². The number of ether oxygens (including phenoxy) is 1. The number of nitrogens with two attached hydrogens (primary N) is 1. The molecule has 7 heteroatoms. The van der Waals surface area contributed by atoms with Gasteiger partial charge >= 0.3 is 0 Å². The van der Waals surface area contributed by atoms with Crippen molar-refractivity contribution in [2.45, 2.75) is 12.8 Å². The molecule has 2 rings (SSSR count). The predicted molar refractivity (Wildman–Crippen MR) is 59.2 cm³/mol. The number of rotatable bonds is 3. The van der Waals surface area contributed by atoms with Crippen molar-refractivity contribution in [3.63, 3.8) is 0 Å². The number of likely N-dealkylation sites (tertiary alicyclic amines) is 1. The minimum Gasteiger partial charge on any atom is -0.384 e. The summed E-state index contributed by atoms with van der Waals surface area (Å²) in [6.07, 6.45) is 1.87. The van der Waals surface area contributed by atoms with E-state index < -0.39 is 0 Å². The second-order valence-corrected chi connectivity index (χ2v) is 4.19. The normalized spacial score (nSPS) is 17.4. The molecule has 0 unspecified atom stereocenters. The van der Waals surface area contributed by atoms with Crippen molar-refractivity contribution in [1.29, 1.82) is 0 Å². The van der Waals surface area contributed by atoms with E-state index in [0.717, 1.165) is 19.4 Å². The largest absolute Gasteiger partial charge is 0.384 e. The Bertz CT molecular complexity index is 385. The molecule has 1 fully saturated rings. The molecular formula is C10H16N4O3. The van der Waals surface area contributed by atoms with Crippen LogP contribution in [-0.2, 0) is 4.74 Å². The fourth-order valence-electron chi connectivity index (χ4n) is 2.03. The number of piperidine rings is 1. The summed E-state index contributed by atoms with van der Waals surface area (Å²) in [6.45, 7) is 2.13. The van der Waals surface area contributed by atoms with Crippen LogP contribution < -0.4 is 5.73 Å². The molecule has 1 aliphatic rings. The monoisotopic (exact) mass is 240 g/mol. The zero-order valence-electron chi connectivity index (χ0n) is 9.76. The molecule has 7 nitrogen and oxygen atoms in total. The molecular weight excluding hydrogens is 224 g/mol. The van der Waals surface area contributed by atoms with Crippen LogP contribution in [0.15, 0.2) is 4.63 Å². The second kappa shape index (κ2) is 5.13. The summed E-state index contributed by atoms with van der Waals surface area (Å²) in [5.74, 6) is 0.366. The molecule has 1 amide bonds. The lowest BCUT2D eigenvalue weighted by Crippen LogP contribution is -2.39. The number of carbonyl (C=O) groups is 1. The van der Waals surface area contributed by atoms with Crippen molar-refractivity contribution in [3.8, 4) is 0 Å². The fourth-order valence-corrected chi connectivity index (χ4v) is 2.03. The molecule has 0 atom stereocenters. The SMILES string of the molecule is COCC1CCN(C(=O)c2nonc2N)CC1. The molecule has 2 N–H and O–H groups in total. The Morgan fingerprint density at radius 3 is 2.76 bits per heavy atom. The number of hydrogen-bond acceptors (Lipinski definition) is 6. The molecule has 0 spiro atoms. The van der Waals surface area contributed by atoms with Gasteiger partial charge in [0.05, 0.1) is 0 Å². The van der Waals surface area contributed by atoms with Gasteiger partial charge in [0.25, 0.3) is 5.91 Å². The molecule has 2 heterocycles. The van der Waals surface area contributed by atoms with Gasteiger partial charge in [-0.3, -0.25) is 4.79 Å².